The largest absolute Gasteiger partial charge is 0.369 e. The number of hydrogen-bond donors (Lipinski definition) is 1. The molecule has 2 nitrogen and oxygen atoms in total. The van der Waals surface area contributed by atoms with Crippen LogP contribution in [0.1, 0.15) is 51.2 Å². The van der Waals surface area contributed by atoms with Crippen molar-refractivity contribution in [1.82, 2.24) is 5.32 Å². The van der Waals surface area contributed by atoms with Crippen LogP contribution in [-0.4, -0.2) is 18.7 Å². The van der Waals surface area contributed by atoms with Crippen molar-refractivity contribution in [2.45, 2.75) is 57.8 Å². The van der Waals surface area contributed by atoms with E-state index >= 15 is 0 Å². The maximum Gasteiger partial charge on any atom is 0.123 e. The quantitative estimate of drug-likeness (QED) is 0.771. The van der Waals surface area contributed by atoms with E-state index in [2.05, 4.69) is 19.2 Å². The van der Waals surface area contributed by atoms with Gasteiger partial charge >= 0.3 is 0 Å². The van der Waals surface area contributed by atoms with Crippen LogP contribution in [-0.2, 0) is 4.74 Å². The highest BCUT2D eigenvalue weighted by atomic mass is 19.1. The van der Waals surface area contributed by atoms with Gasteiger partial charge in [0.2, 0.25) is 0 Å². The number of ether oxygens (including phenoxy) is 1. The molecule has 0 heterocycles. The topological polar surface area (TPSA) is 21.3 Å². The molecule has 2 unspecified atom stereocenters. The van der Waals surface area contributed by atoms with Gasteiger partial charge in [0.15, 0.2) is 0 Å². The Morgan fingerprint density at radius 2 is 2.21 bits per heavy atom. The monoisotopic (exact) mass is 265 g/mol. The second kappa shape index (κ2) is 7.01. The summed E-state index contributed by atoms with van der Waals surface area (Å²) in [6, 6.07) is 7.40. The Morgan fingerprint density at radius 3 is 2.84 bits per heavy atom. The van der Waals surface area contributed by atoms with Gasteiger partial charge in [0.1, 0.15) is 5.82 Å². The molecule has 0 radical (unpaired) electrons. The van der Waals surface area contributed by atoms with Gasteiger partial charge in [-0.1, -0.05) is 25.5 Å². The number of nitrogens with one attached hydrogen (secondary N) is 1. The molecule has 2 rings (SSSR count). The molecular weight excluding hydrogens is 241 g/mol. The van der Waals surface area contributed by atoms with Crippen LogP contribution in [0.15, 0.2) is 24.3 Å². The summed E-state index contributed by atoms with van der Waals surface area (Å²) >= 11 is 0. The van der Waals surface area contributed by atoms with Crippen LogP contribution in [0, 0.1) is 5.82 Å². The van der Waals surface area contributed by atoms with E-state index in [9.17, 15) is 4.39 Å². The lowest BCUT2D eigenvalue weighted by atomic mass is 10.1. The summed E-state index contributed by atoms with van der Waals surface area (Å²) in [5, 5.41) is 3.47. The maximum absolute atomic E-state index is 13.3. The number of hydrogen-bond acceptors (Lipinski definition) is 2. The first-order valence-corrected chi connectivity index (χ1v) is 7.33. The Hall–Kier alpha value is -0.930. The van der Waals surface area contributed by atoms with Crippen LogP contribution in [0.4, 0.5) is 4.39 Å². The first-order valence-electron chi connectivity index (χ1n) is 7.33. The molecular formula is C16H24FNO. The zero-order chi connectivity index (χ0) is 13.7. The van der Waals surface area contributed by atoms with Gasteiger partial charge in [-0.3, -0.25) is 0 Å². The SMILES string of the molecule is CCCC(C)OC(CNC1CC1)c1cccc(F)c1. The fourth-order valence-electron chi connectivity index (χ4n) is 2.27. The Morgan fingerprint density at radius 1 is 1.42 bits per heavy atom. The zero-order valence-electron chi connectivity index (χ0n) is 11.9. The standard InChI is InChI=1S/C16H24FNO/c1-3-5-12(2)19-16(11-18-15-8-9-15)13-6-4-7-14(17)10-13/h4,6-7,10,12,15-16,18H,3,5,8-9,11H2,1-2H3. The summed E-state index contributed by atoms with van der Waals surface area (Å²) in [6.45, 7) is 5.01. The molecule has 0 bridgehead atoms. The molecule has 0 spiro atoms. The Labute approximate surface area is 115 Å². The summed E-state index contributed by atoms with van der Waals surface area (Å²) in [5.74, 6) is -0.194. The molecule has 106 valence electrons. The van der Waals surface area contributed by atoms with Crippen molar-refractivity contribution in [1.29, 1.82) is 0 Å². The van der Waals surface area contributed by atoms with Crippen molar-refractivity contribution >= 4 is 0 Å². The molecule has 1 fully saturated rings. The van der Waals surface area contributed by atoms with Gasteiger partial charge in [0, 0.05) is 12.6 Å². The third kappa shape index (κ3) is 4.92. The number of rotatable bonds is 8. The highest BCUT2D eigenvalue weighted by Gasteiger charge is 2.23. The van der Waals surface area contributed by atoms with Gasteiger partial charge in [-0.15, -0.1) is 0 Å². The van der Waals surface area contributed by atoms with Gasteiger partial charge in [-0.25, -0.2) is 4.39 Å². The molecule has 0 aliphatic heterocycles. The highest BCUT2D eigenvalue weighted by molar-refractivity contribution is 5.19. The molecule has 1 saturated carbocycles. The maximum atomic E-state index is 13.3. The van der Waals surface area contributed by atoms with Crippen LogP contribution < -0.4 is 5.32 Å². The average Bonchev–Trinajstić information content (AvgIpc) is 3.18. The Kier molecular flexibility index (Phi) is 5.34. The van der Waals surface area contributed by atoms with E-state index in [1.54, 1.807) is 12.1 Å². The summed E-state index contributed by atoms with van der Waals surface area (Å²) in [6.07, 6.45) is 4.79. The van der Waals surface area contributed by atoms with Crippen molar-refractivity contribution in [2.75, 3.05) is 6.54 Å². The molecule has 1 aliphatic rings. The van der Waals surface area contributed by atoms with E-state index in [1.165, 1.54) is 18.9 Å². The lowest BCUT2D eigenvalue weighted by Gasteiger charge is -2.23. The fraction of sp³-hybridized carbons (Fsp3) is 0.625. The van der Waals surface area contributed by atoms with E-state index in [0.717, 1.165) is 24.9 Å². The second-order valence-electron chi connectivity index (χ2n) is 5.46. The smallest absolute Gasteiger partial charge is 0.123 e. The lowest BCUT2D eigenvalue weighted by molar-refractivity contribution is -0.00754. The molecule has 2 atom stereocenters. The molecule has 1 aliphatic carbocycles. The molecule has 19 heavy (non-hydrogen) atoms. The average molecular weight is 265 g/mol. The molecule has 0 aromatic heterocycles. The molecule has 1 N–H and O–H groups in total. The van der Waals surface area contributed by atoms with Crippen molar-refractivity contribution in [3.63, 3.8) is 0 Å². The molecule has 0 saturated heterocycles. The minimum atomic E-state index is -0.194. The third-order valence-electron chi connectivity index (χ3n) is 3.48. The minimum Gasteiger partial charge on any atom is -0.369 e. The van der Waals surface area contributed by atoms with E-state index in [1.807, 2.05) is 6.07 Å². The summed E-state index contributed by atoms with van der Waals surface area (Å²) in [4.78, 5) is 0. The first-order chi connectivity index (χ1) is 9.19. The normalized spacial score (nSPS) is 18.3. The number of benzene rings is 1. The van der Waals surface area contributed by atoms with E-state index in [0.29, 0.717) is 6.04 Å². The van der Waals surface area contributed by atoms with E-state index in [4.69, 9.17) is 4.74 Å². The fourth-order valence-corrected chi connectivity index (χ4v) is 2.27. The van der Waals surface area contributed by atoms with Gasteiger partial charge in [0.25, 0.3) is 0 Å². The molecule has 1 aromatic carbocycles. The van der Waals surface area contributed by atoms with Crippen LogP contribution in [0.3, 0.4) is 0 Å². The Bertz CT molecular complexity index is 392. The van der Waals surface area contributed by atoms with Crippen LogP contribution in [0.5, 0.6) is 0 Å². The van der Waals surface area contributed by atoms with Crippen LogP contribution in [0.25, 0.3) is 0 Å². The van der Waals surface area contributed by atoms with Crippen molar-refractivity contribution in [3.05, 3.63) is 35.6 Å². The first kappa shape index (κ1) is 14.5. The van der Waals surface area contributed by atoms with Crippen molar-refractivity contribution in [3.8, 4) is 0 Å². The third-order valence-corrected chi connectivity index (χ3v) is 3.48. The minimum absolute atomic E-state index is 0.0575. The predicted molar refractivity (Wildman–Crippen MR) is 75.6 cm³/mol. The van der Waals surface area contributed by atoms with E-state index in [-0.39, 0.29) is 18.0 Å². The molecule has 1 aromatic rings. The number of halogens is 1. The van der Waals surface area contributed by atoms with Crippen molar-refractivity contribution in [2.24, 2.45) is 0 Å². The van der Waals surface area contributed by atoms with Gasteiger partial charge in [0.05, 0.1) is 12.2 Å². The highest BCUT2D eigenvalue weighted by Crippen LogP contribution is 2.24. The summed E-state index contributed by atoms with van der Waals surface area (Å²) < 4.78 is 19.4. The van der Waals surface area contributed by atoms with Gasteiger partial charge in [-0.05, 0) is 43.9 Å². The van der Waals surface area contributed by atoms with Gasteiger partial charge in [-0.2, -0.15) is 0 Å². The summed E-state index contributed by atoms with van der Waals surface area (Å²) in [5.41, 5.74) is 0.927. The summed E-state index contributed by atoms with van der Waals surface area (Å²) in [7, 11) is 0. The lowest BCUT2D eigenvalue weighted by Crippen LogP contribution is -2.27. The van der Waals surface area contributed by atoms with E-state index < -0.39 is 0 Å². The van der Waals surface area contributed by atoms with Crippen LogP contribution >= 0.6 is 0 Å². The second-order valence-corrected chi connectivity index (χ2v) is 5.46. The van der Waals surface area contributed by atoms with Gasteiger partial charge < -0.3 is 10.1 Å². The Balaban J connectivity index is 1.99. The van der Waals surface area contributed by atoms with Crippen molar-refractivity contribution < 1.29 is 9.13 Å². The zero-order valence-corrected chi connectivity index (χ0v) is 11.9. The molecule has 0 amide bonds. The molecule has 3 heteroatoms. The predicted octanol–water partition coefficient (Wildman–Crippen LogP) is 3.82. The van der Waals surface area contributed by atoms with Crippen LogP contribution in [0.2, 0.25) is 0 Å².